The van der Waals surface area contributed by atoms with Crippen molar-refractivity contribution in [1.82, 2.24) is 10.2 Å². The molecular weight excluding hydrogens is 216 g/mol. The van der Waals surface area contributed by atoms with Crippen LogP contribution in [-0.4, -0.2) is 53.6 Å². The highest BCUT2D eigenvalue weighted by molar-refractivity contribution is 7.98. The smallest absolute Gasteiger partial charge is 0.323 e. The first kappa shape index (κ1) is 14.1. The Labute approximate surface area is 94.2 Å². The minimum atomic E-state index is -1.03. The molecule has 0 aliphatic carbocycles. The summed E-state index contributed by atoms with van der Waals surface area (Å²) < 4.78 is 0. The Bertz CT molecular complexity index is 223. The molecule has 6 heteroatoms. The van der Waals surface area contributed by atoms with Gasteiger partial charge in [0, 0.05) is 18.8 Å². The Morgan fingerprint density at radius 2 is 2.13 bits per heavy atom. The molecule has 88 valence electrons. The second-order valence-corrected chi connectivity index (χ2v) is 4.09. The SMILES string of the molecule is CCC(CSC)N(C)C(=O)NCC(=O)O. The fourth-order valence-corrected chi connectivity index (χ4v) is 1.98. The number of carbonyl (C=O) groups is 2. The van der Waals surface area contributed by atoms with Crippen molar-refractivity contribution in [3.05, 3.63) is 0 Å². The van der Waals surface area contributed by atoms with E-state index in [0.717, 1.165) is 12.2 Å². The molecule has 0 radical (unpaired) electrons. The van der Waals surface area contributed by atoms with Crippen LogP contribution in [0.2, 0.25) is 0 Å². The zero-order chi connectivity index (χ0) is 11.8. The molecule has 0 aliphatic rings. The Hall–Kier alpha value is -0.910. The summed E-state index contributed by atoms with van der Waals surface area (Å²) in [5.74, 6) is -0.178. The van der Waals surface area contributed by atoms with Gasteiger partial charge in [-0.15, -0.1) is 0 Å². The molecule has 1 unspecified atom stereocenters. The second kappa shape index (κ2) is 7.39. The van der Waals surface area contributed by atoms with Crippen molar-refractivity contribution >= 4 is 23.8 Å². The maximum Gasteiger partial charge on any atom is 0.323 e. The van der Waals surface area contributed by atoms with E-state index in [1.165, 1.54) is 0 Å². The van der Waals surface area contributed by atoms with Gasteiger partial charge >= 0.3 is 12.0 Å². The van der Waals surface area contributed by atoms with Gasteiger partial charge in [0.15, 0.2) is 0 Å². The fourth-order valence-electron chi connectivity index (χ4n) is 1.14. The van der Waals surface area contributed by atoms with Crippen LogP contribution in [0.3, 0.4) is 0 Å². The first-order chi connectivity index (χ1) is 7.02. The fraction of sp³-hybridized carbons (Fsp3) is 0.778. The lowest BCUT2D eigenvalue weighted by atomic mass is 10.2. The lowest BCUT2D eigenvalue weighted by Crippen LogP contribution is -2.45. The summed E-state index contributed by atoms with van der Waals surface area (Å²) in [6.07, 6.45) is 2.84. The van der Waals surface area contributed by atoms with E-state index < -0.39 is 5.97 Å². The molecule has 0 saturated heterocycles. The van der Waals surface area contributed by atoms with Crippen LogP contribution in [0.5, 0.6) is 0 Å². The first-order valence-corrected chi connectivity index (χ1v) is 6.13. The van der Waals surface area contributed by atoms with Gasteiger partial charge in [-0.25, -0.2) is 4.79 Å². The van der Waals surface area contributed by atoms with Crippen LogP contribution in [0.1, 0.15) is 13.3 Å². The minimum Gasteiger partial charge on any atom is -0.480 e. The van der Waals surface area contributed by atoms with E-state index >= 15 is 0 Å². The van der Waals surface area contributed by atoms with Gasteiger partial charge in [0.2, 0.25) is 0 Å². The summed E-state index contributed by atoms with van der Waals surface area (Å²) >= 11 is 1.67. The van der Waals surface area contributed by atoms with Crippen molar-refractivity contribution in [1.29, 1.82) is 0 Å². The Balaban J connectivity index is 4.09. The monoisotopic (exact) mass is 234 g/mol. The number of thioether (sulfide) groups is 1. The highest BCUT2D eigenvalue weighted by atomic mass is 32.2. The number of hydrogen-bond donors (Lipinski definition) is 2. The summed E-state index contributed by atoms with van der Waals surface area (Å²) in [6.45, 7) is 1.67. The number of nitrogens with zero attached hydrogens (tertiary/aromatic N) is 1. The topological polar surface area (TPSA) is 69.6 Å². The lowest BCUT2D eigenvalue weighted by molar-refractivity contribution is -0.135. The van der Waals surface area contributed by atoms with E-state index in [2.05, 4.69) is 5.32 Å². The van der Waals surface area contributed by atoms with Gasteiger partial charge in [-0.2, -0.15) is 11.8 Å². The lowest BCUT2D eigenvalue weighted by Gasteiger charge is -2.26. The van der Waals surface area contributed by atoms with Crippen LogP contribution >= 0.6 is 11.8 Å². The van der Waals surface area contributed by atoms with Gasteiger partial charge in [0.1, 0.15) is 6.54 Å². The Kier molecular flexibility index (Phi) is 6.94. The van der Waals surface area contributed by atoms with Crippen molar-refractivity contribution in [2.75, 3.05) is 25.6 Å². The highest BCUT2D eigenvalue weighted by Gasteiger charge is 2.17. The molecule has 0 aromatic rings. The number of hydrogen-bond acceptors (Lipinski definition) is 3. The van der Waals surface area contributed by atoms with Gasteiger partial charge in [-0.3, -0.25) is 4.79 Å². The predicted octanol–water partition coefficient (Wildman–Crippen LogP) is 0.854. The molecule has 0 aliphatic heterocycles. The van der Waals surface area contributed by atoms with Crippen LogP contribution in [0, 0.1) is 0 Å². The second-order valence-electron chi connectivity index (χ2n) is 3.18. The molecule has 2 N–H and O–H groups in total. The standard InChI is InChI=1S/C9H18N2O3S/c1-4-7(6-15-3)11(2)9(14)10-5-8(12)13/h7H,4-6H2,1-3H3,(H,10,14)(H,12,13). The average molecular weight is 234 g/mol. The van der Waals surface area contributed by atoms with E-state index in [0.29, 0.717) is 0 Å². The van der Waals surface area contributed by atoms with Crippen molar-refractivity contribution in [3.63, 3.8) is 0 Å². The van der Waals surface area contributed by atoms with E-state index in [1.807, 2.05) is 13.2 Å². The third-order valence-corrected chi connectivity index (χ3v) is 2.81. The molecule has 0 aromatic carbocycles. The zero-order valence-corrected chi connectivity index (χ0v) is 10.1. The molecule has 0 rings (SSSR count). The first-order valence-electron chi connectivity index (χ1n) is 4.74. The quantitative estimate of drug-likeness (QED) is 0.715. The molecule has 0 bridgehead atoms. The molecule has 2 amide bonds. The molecular formula is C9H18N2O3S. The van der Waals surface area contributed by atoms with Gasteiger partial charge < -0.3 is 15.3 Å². The number of aliphatic carboxylic acids is 1. The predicted molar refractivity (Wildman–Crippen MR) is 61.3 cm³/mol. The largest absolute Gasteiger partial charge is 0.480 e. The highest BCUT2D eigenvalue weighted by Crippen LogP contribution is 2.08. The summed E-state index contributed by atoms with van der Waals surface area (Å²) in [5.41, 5.74) is 0. The van der Waals surface area contributed by atoms with Gasteiger partial charge in [-0.1, -0.05) is 6.92 Å². The number of carboxylic acids is 1. The van der Waals surface area contributed by atoms with Crippen LogP contribution in [-0.2, 0) is 4.79 Å². The third kappa shape index (κ3) is 5.51. The van der Waals surface area contributed by atoms with Gasteiger partial charge in [0.25, 0.3) is 0 Å². The number of urea groups is 1. The average Bonchev–Trinajstić information content (AvgIpc) is 2.21. The summed E-state index contributed by atoms with van der Waals surface area (Å²) in [6, 6.07) is -0.188. The molecule has 15 heavy (non-hydrogen) atoms. The number of carboxylic acid groups (broad SMARTS) is 1. The number of amides is 2. The molecule has 5 nitrogen and oxygen atoms in total. The summed E-state index contributed by atoms with van der Waals surface area (Å²) in [4.78, 5) is 23.3. The van der Waals surface area contributed by atoms with E-state index in [1.54, 1.807) is 23.7 Å². The van der Waals surface area contributed by atoms with E-state index in [9.17, 15) is 9.59 Å². The van der Waals surface area contributed by atoms with Crippen molar-refractivity contribution in [2.45, 2.75) is 19.4 Å². The molecule has 0 fully saturated rings. The normalized spacial score (nSPS) is 11.9. The number of carbonyl (C=O) groups excluding carboxylic acids is 1. The Morgan fingerprint density at radius 1 is 1.53 bits per heavy atom. The third-order valence-electron chi connectivity index (χ3n) is 2.09. The van der Waals surface area contributed by atoms with E-state index in [-0.39, 0.29) is 18.6 Å². The van der Waals surface area contributed by atoms with Crippen LogP contribution < -0.4 is 5.32 Å². The molecule has 1 atom stereocenters. The van der Waals surface area contributed by atoms with Crippen LogP contribution in [0.4, 0.5) is 4.79 Å². The molecule has 0 aromatic heterocycles. The van der Waals surface area contributed by atoms with Crippen molar-refractivity contribution < 1.29 is 14.7 Å². The van der Waals surface area contributed by atoms with Crippen molar-refractivity contribution in [2.24, 2.45) is 0 Å². The van der Waals surface area contributed by atoms with Crippen LogP contribution in [0.15, 0.2) is 0 Å². The van der Waals surface area contributed by atoms with E-state index in [4.69, 9.17) is 5.11 Å². The van der Waals surface area contributed by atoms with Crippen LogP contribution in [0.25, 0.3) is 0 Å². The number of rotatable bonds is 6. The zero-order valence-electron chi connectivity index (χ0n) is 9.32. The maximum atomic E-state index is 11.5. The minimum absolute atomic E-state index is 0.147. The maximum absolute atomic E-state index is 11.5. The molecule has 0 saturated carbocycles. The summed E-state index contributed by atoms with van der Waals surface area (Å²) in [5, 5.41) is 10.7. The van der Waals surface area contributed by atoms with Gasteiger partial charge in [0.05, 0.1) is 0 Å². The molecule has 0 spiro atoms. The molecule has 0 heterocycles. The van der Waals surface area contributed by atoms with Crippen molar-refractivity contribution in [3.8, 4) is 0 Å². The number of nitrogens with one attached hydrogen (secondary N) is 1. The Morgan fingerprint density at radius 3 is 2.53 bits per heavy atom. The van der Waals surface area contributed by atoms with Gasteiger partial charge in [-0.05, 0) is 12.7 Å². The summed E-state index contributed by atoms with van der Waals surface area (Å²) in [7, 11) is 1.68.